The summed E-state index contributed by atoms with van der Waals surface area (Å²) in [6, 6.07) is 16.7. The lowest BCUT2D eigenvalue weighted by Gasteiger charge is -2.08. The molecule has 0 radical (unpaired) electrons. The Kier molecular flexibility index (Phi) is 5.18. The van der Waals surface area contributed by atoms with Crippen molar-refractivity contribution in [2.24, 2.45) is 0 Å². The van der Waals surface area contributed by atoms with Crippen LogP contribution in [0.25, 0.3) is 21.8 Å². The van der Waals surface area contributed by atoms with E-state index in [1.165, 1.54) is 6.07 Å². The number of esters is 1. The van der Waals surface area contributed by atoms with E-state index in [4.69, 9.17) is 4.74 Å². The fraction of sp³-hybridized carbons (Fsp3) is 0.130. The molecule has 5 nitrogen and oxygen atoms in total. The van der Waals surface area contributed by atoms with E-state index < -0.39 is 35.7 Å². The van der Waals surface area contributed by atoms with Crippen LogP contribution in [0.15, 0.2) is 60.7 Å². The maximum absolute atomic E-state index is 13.7. The van der Waals surface area contributed by atoms with E-state index in [0.29, 0.717) is 5.69 Å². The summed E-state index contributed by atoms with van der Waals surface area (Å²) in [5.74, 6) is -4.16. The molecule has 0 atom stereocenters. The van der Waals surface area contributed by atoms with Crippen molar-refractivity contribution < 1.29 is 23.1 Å². The molecule has 152 valence electrons. The van der Waals surface area contributed by atoms with Crippen molar-refractivity contribution in [3.05, 3.63) is 77.9 Å². The minimum atomic E-state index is -1.30. The number of rotatable bonds is 5. The van der Waals surface area contributed by atoms with Gasteiger partial charge in [0.2, 0.25) is 0 Å². The number of carbonyl (C=O) groups is 2. The zero-order valence-electron chi connectivity index (χ0n) is 16.1. The van der Waals surface area contributed by atoms with Gasteiger partial charge < -0.3 is 14.6 Å². The number of ether oxygens (including phenoxy) is 1. The first-order chi connectivity index (χ1) is 14.5. The maximum atomic E-state index is 13.7. The van der Waals surface area contributed by atoms with Gasteiger partial charge in [-0.2, -0.15) is 0 Å². The number of para-hydroxylation sites is 1. The van der Waals surface area contributed by atoms with Gasteiger partial charge >= 0.3 is 5.97 Å². The van der Waals surface area contributed by atoms with Crippen LogP contribution in [0, 0.1) is 11.6 Å². The van der Waals surface area contributed by atoms with Crippen LogP contribution in [0.1, 0.15) is 17.3 Å². The van der Waals surface area contributed by atoms with Crippen LogP contribution in [0.3, 0.4) is 0 Å². The molecule has 4 rings (SSSR count). The van der Waals surface area contributed by atoms with Gasteiger partial charge in [-0.1, -0.05) is 24.3 Å². The Hall–Kier alpha value is -3.74. The molecule has 0 saturated heterocycles. The largest absolute Gasteiger partial charge is 0.452 e. The number of benzene rings is 3. The summed E-state index contributed by atoms with van der Waals surface area (Å²) in [6.07, 6.45) is 0. The van der Waals surface area contributed by atoms with Crippen molar-refractivity contribution in [3.8, 4) is 0 Å². The molecule has 7 heteroatoms. The predicted molar refractivity (Wildman–Crippen MR) is 110 cm³/mol. The van der Waals surface area contributed by atoms with E-state index in [-0.39, 0.29) is 0 Å². The van der Waals surface area contributed by atoms with E-state index in [1.54, 1.807) is 6.07 Å². The van der Waals surface area contributed by atoms with Crippen LogP contribution in [0.2, 0.25) is 0 Å². The monoisotopic (exact) mass is 408 g/mol. The van der Waals surface area contributed by atoms with Crippen molar-refractivity contribution >= 4 is 39.4 Å². The van der Waals surface area contributed by atoms with E-state index >= 15 is 0 Å². The number of nitrogens with one attached hydrogen (secondary N) is 1. The summed E-state index contributed by atoms with van der Waals surface area (Å²) in [6.45, 7) is 2.25. The topological polar surface area (TPSA) is 60.3 Å². The second-order valence-corrected chi connectivity index (χ2v) is 6.72. The zero-order chi connectivity index (χ0) is 21.3. The van der Waals surface area contributed by atoms with Gasteiger partial charge in [0.1, 0.15) is 0 Å². The van der Waals surface area contributed by atoms with Gasteiger partial charge in [0, 0.05) is 34.0 Å². The van der Waals surface area contributed by atoms with Gasteiger partial charge in [0.25, 0.3) is 5.91 Å². The van der Waals surface area contributed by atoms with Gasteiger partial charge in [-0.05, 0) is 43.3 Å². The van der Waals surface area contributed by atoms with Crippen molar-refractivity contribution in [1.82, 2.24) is 4.57 Å². The number of fused-ring (bicyclic) bond motifs is 3. The van der Waals surface area contributed by atoms with Crippen LogP contribution in [0.4, 0.5) is 14.5 Å². The summed E-state index contributed by atoms with van der Waals surface area (Å²) >= 11 is 0. The summed E-state index contributed by atoms with van der Waals surface area (Å²) < 4.78 is 33.9. The predicted octanol–water partition coefficient (Wildman–Crippen LogP) is 4.89. The lowest BCUT2D eigenvalue weighted by molar-refractivity contribution is -0.119. The summed E-state index contributed by atoms with van der Waals surface area (Å²) in [5.41, 5.74) is 2.13. The molecule has 1 aromatic heterocycles. The third kappa shape index (κ3) is 3.50. The molecule has 4 aromatic rings. The number of hydrogen-bond donors (Lipinski definition) is 1. The molecule has 1 N–H and O–H groups in total. The highest BCUT2D eigenvalue weighted by atomic mass is 19.2. The van der Waals surface area contributed by atoms with Crippen LogP contribution in [-0.4, -0.2) is 23.1 Å². The molecule has 0 aliphatic heterocycles. The fourth-order valence-corrected chi connectivity index (χ4v) is 3.54. The third-order valence-electron chi connectivity index (χ3n) is 4.88. The molecule has 0 fully saturated rings. The molecule has 0 unspecified atom stereocenters. The average molecular weight is 408 g/mol. The average Bonchev–Trinajstić information content (AvgIpc) is 3.07. The SMILES string of the molecule is CCn1c2ccccc2c2cc(NC(=O)COC(=O)c3cccc(F)c3F)ccc21. The van der Waals surface area contributed by atoms with E-state index in [1.807, 2.05) is 36.4 Å². The first-order valence-electron chi connectivity index (χ1n) is 9.41. The molecule has 0 aliphatic carbocycles. The molecule has 30 heavy (non-hydrogen) atoms. The summed E-state index contributed by atoms with van der Waals surface area (Å²) in [7, 11) is 0. The maximum Gasteiger partial charge on any atom is 0.341 e. The van der Waals surface area contributed by atoms with E-state index in [2.05, 4.69) is 16.8 Å². The highest BCUT2D eigenvalue weighted by Gasteiger charge is 2.18. The smallest absolute Gasteiger partial charge is 0.341 e. The molecule has 1 amide bonds. The Labute approximate surface area is 170 Å². The Bertz CT molecular complexity index is 1280. The van der Waals surface area contributed by atoms with Crippen LogP contribution >= 0.6 is 0 Å². The van der Waals surface area contributed by atoms with Gasteiger partial charge in [-0.3, -0.25) is 4.79 Å². The number of aromatic nitrogens is 1. The minimum absolute atomic E-state index is 0.541. The molecule has 0 saturated carbocycles. The highest BCUT2D eigenvalue weighted by molar-refractivity contribution is 6.10. The number of halogens is 2. The van der Waals surface area contributed by atoms with Gasteiger partial charge in [-0.25, -0.2) is 13.6 Å². The van der Waals surface area contributed by atoms with Crippen molar-refractivity contribution in [3.63, 3.8) is 0 Å². The fourth-order valence-electron chi connectivity index (χ4n) is 3.54. The first-order valence-corrected chi connectivity index (χ1v) is 9.41. The molecule has 0 aliphatic rings. The second-order valence-electron chi connectivity index (χ2n) is 6.72. The molecular formula is C23H18F2N2O3. The van der Waals surface area contributed by atoms with E-state index in [0.717, 1.165) is 40.5 Å². The van der Waals surface area contributed by atoms with Gasteiger partial charge in [-0.15, -0.1) is 0 Å². The lowest BCUT2D eigenvalue weighted by Crippen LogP contribution is -2.21. The number of nitrogens with zero attached hydrogens (tertiary/aromatic N) is 1. The van der Waals surface area contributed by atoms with Gasteiger partial charge in [0.15, 0.2) is 18.2 Å². The standard InChI is InChI=1S/C23H18F2N2O3/c1-2-27-19-9-4-3-6-15(19)17-12-14(10-11-20(17)27)26-21(28)13-30-23(29)16-7-5-8-18(24)22(16)25/h3-12H,2,13H2,1H3,(H,26,28). The van der Waals surface area contributed by atoms with Crippen LogP contribution < -0.4 is 5.32 Å². The van der Waals surface area contributed by atoms with Crippen molar-refractivity contribution in [2.75, 3.05) is 11.9 Å². The molecule has 0 bridgehead atoms. The minimum Gasteiger partial charge on any atom is -0.452 e. The number of carbonyl (C=O) groups excluding carboxylic acids is 2. The first kappa shape index (κ1) is 19.6. The number of amides is 1. The molecule has 0 spiro atoms. The Morgan fingerprint density at radius 3 is 2.53 bits per heavy atom. The number of anilines is 1. The highest BCUT2D eigenvalue weighted by Crippen LogP contribution is 2.30. The second kappa shape index (κ2) is 7.94. The zero-order valence-corrected chi connectivity index (χ0v) is 16.1. The van der Waals surface area contributed by atoms with Crippen molar-refractivity contribution in [2.45, 2.75) is 13.5 Å². The van der Waals surface area contributed by atoms with Crippen LogP contribution in [0.5, 0.6) is 0 Å². The number of hydrogen-bond acceptors (Lipinski definition) is 3. The lowest BCUT2D eigenvalue weighted by atomic mass is 10.1. The third-order valence-corrected chi connectivity index (χ3v) is 4.88. The molecule has 3 aromatic carbocycles. The quantitative estimate of drug-likeness (QED) is 0.479. The van der Waals surface area contributed by atoms with Crippen LogP contribution in [-0.2, 0) is 16.1 Å². The molecule has 1 heterocycles. The Morgan fingerprint density at radius 1 is 0.967 bits per heavy atom. The van der Waals surface area contributed by atoms with Crippen molar-refractivity contribution in [1.29, 1.82) is 0 Å². The van der Waals surface area contributed by atoms with Gasteiger partial charge in [0.05, 0.1) is 5.56 Å². The molecular weight excluding hydrogens is 390 g/mol. The van der Waals surface area contributed by atoms with E-state index in [9.17, 15) is 18.4 Å². The summed E-state index contributed by atoms with van der Waals surface area (Å²) in [5, 5.41) is 4.72. The normalized spacial score (nSPS) is 11.0. The summed E-state index contributed by atoms with van der Waals surface area (Å²) in [4.78, 5) is 24.1. The number of aryl methyl sites for hydroxylation is 1. The Morgan fingerprint density at radius 2 is 1.73 bits per heavy atom. The Balaban J connectivity index is 1.50.